The van der Waals surface area contributed by atoms with E-state index in [1.807, 2.05) is 78.9 Å². The van der Waals surface area contributed by atoms with Crippen LogP contribution >= 0.6 is 0 Å². The predicted molar refractivity (Wildman–Crippen MR) is 159 cm³/mol. The molecular weight excluding hydrogens is 515 g/mol. The van der Waals surface area contributed by atoms with Gasteiger partial charge in [-0.1, -0.05) is 66.7 Å². The van der Waals surface area contributed by atoms with E-state index in [1.54, 1.807) is 24.5 Å². The van der Waals surface area contributed by atoms with Gasteiger partial charge in [0.1, 0.15) is 11.5 Å². The molecule has 4 aromatic carbocycles. The number of halogens is 1. The molecule has 1 amide bonds. The van der Waals surface area contributed by atoms with E-state index in [9.17, 15) is 9.18 Å². The summed E-state index contributed by atoms with van der Waals surface area (Å²) < 4.78 is 14.6. The maximum Gasteiger partial charge on any atom is 0.228 e. The average Bonchev–Trinajstić information content (AvgIpc) is 3.62. The molecule has 3 heterocycles. The van der Waals surface area contributed by atoms with Crippen molar-refractivity contribution in [2.45, 2.75) is 6.42 Å². The van der Waals surface area contributed by atoms with E-state index in [1.165, 1.54) is 6.07 Å². The van der Waals surface area contributed by atoms with Crippen molar-refractivity contribution in [3.63, 3.8) is 0 Å². The number of benzene rings is 4. The number of amides is 1. The van der Waals surface area contributed by atoms with Crippen molar-refractivity contribution in [3.05, 3.63) is 121 Å². The first-order valence-corrected chi connectivity index (χ1v) is 13.1. The van der Waals surface area contributed by atoms with Crippen LogP contribution in [0.4, 0.5) is 10.1 Å². The van der Waals surface area contributed by atoms with Gasteiger partial charge in [0.2, 0.25) is 5.91 Å². The molecule has 0 radical (unpaired) electrons. The van der Waals surface area contributed by atoms with E-state index in [0.29, 0.717) is 33.8 Å². The molecule has 0 bridgehead atoms. The van der Waals surface area contributed by atoms with Crippen molar-refractivity contribution in [2.75, 3.05) is 5.32 Å². The molecule has 0 aliphatic heterocycles. The maximum absolute atomic E-state index is 14.6. The van der Waals surface area contributed by atoms with Gasteiger partial charge in [-0.2, -0.15) is 5.10 Å². The highest BCUT2D eigenvalue weighted by Gasteiger charge is 2.17. The van der Waals surface area contributed by atoms with E-state index in [2.05, 4.69) is 25.5 Å². The summed E-state index contributed by atoms with van der Waals surface area (Å²) in [6.07, 6.45) is 3.68. The summed E-state index contributed by atoms with van der Waals surface area (Å²) in [5.74, 6) is 0.168. The fraction of sp³-hybridized carbons (Fsp3) is 0.0303. The molecule has 7 aromatic rings. The van der Waals surface area contributed by atoms with E-state index in [0.717, 1.165) is 33.1 Å². The summed E-state index contributed by atoms with van der Waals surface area (Å²) in [4.78, 5) is 25.1. The average molecular weight is 539 g/mol. The van der Waals surface area contributed by atoms with Crippen LogP contribution in [0.25, 0.3) is 55.7 Å². The standard InChI is InChI=1S/C33H23FN6O/c34-27-11-5-4-9-24(27)25-10-6-12-29-31(25)38-33(37-29)32-26-17-21(13-14-28(26)39-40-32)22-16-23(19-35-18-22)36-30(41)15-20-7-2-1-3-8-20/h1-14,16-19H,15H2,(H,36,41)(H,37,38)(H,39,40). The van der Waals surface area contributed by atoms with Crippen LogP contribution in [0.2, 0.25) is 0 Å². The first-order chi connectivity index (χ1) is 20.1. The molecular formula is C33H23FN6O. The number of aromatic amines is 2. The van der Waals surface area contributed by atoms with Crippen molar-refractivity contribution in [3.8, 4) is 33.8 Å². The molecule has 0 aliphatic carbocycles. The van der Waals surface area contributed by atoms with Gasteiger partial charge in [0.15, 0.2) is 5.82 Å². The summed E-state index contributed by atoms with van der Waals surface area (Å²) in [6, 6.07) is 29.8. The number of anilines is 1. The second-order valence-corrected chi connectivity index (χ2v) is 9.77. The highest BCUT2D eigenvalue weighted by atomic mass is 19.1. The van der Waals surface area contributed by atoms with Crippen LogP contribution in [-0.4, -0.2) is 31.1 Å². The topological polar surface area (TPSA) is 99.3 Å². The summed E-state index contributed by atoms with van der Waals surface area (Å²) in [5, 5.41) is 11.4. The Kier molecular flexibility index (Phi) is 6.05. The molecule has 0 unspecified atom stereocenters. The fourth-order valence-corrected chi connectivity index (χ4v) is 5.07. The highest BCUT2D eigenvalue weighted by Crippen LogP contribution is 2.34. The number of rotatable bonds is 6. The zero-order valence-corrected chi connectivity index (χ0v) is 21.7. The lowest BCUT2D eigenvalue weighted by molar-refractivity contribution is -0.115. The van der Waals surface area contributed by atoms with Crippen LogP contribution in [0.5, 0.6) is 0 Å². The Morgan fingerprint density at radius 3 is 2.51 bits per heavy atom. The molecule has 198 valence electrons. The van der Waals surface area contributed by atoms with Gasteiger partial charge in [-0.3, -0.25) is 14.9 Å². The molecule has 0 fully saturated rings. The zero-order chi connectivity index (χ0) is 27.8. The molecule has 7 rings (SSSR count). The van der Waals surface area contributed by atoms with Gasteiger partial charge in [-0.25, -0.2) is 9.37 Å². The number of fused-ring (bicyclic) bond motifs is 2. The lowest BCUT2D eigenvalue weighted by Crippen LogP contribution is -2.14. The zero-order valence-electron chi connectivity index (χ0n) is 21.7. The van der Waals surface area contributed by atoms with E-state index in [4.69, 9.17) is 4.98 Å². The fourth-order valence-electron chi connectivity index (χ4n) is 5.07. The molecule has 7 nitrogen and oxygen atoms in total. The molecule has 3 aromatic heterocycles. The van der Waals surface area contributed by atoms with Gasteiger partial charge in [0, 0.05) is 28.3 Å². The van der Waals surface area contributed by atoms with Gasteiger partial charge in [-0.05, 0) is 41.5 Å². The largest absolute Gasteiger partial charge is 0.337 e. The Balaban J connectivity index is 1.22. The van der Waals surface area contributed by atoms with Gasteiger partial charge < -0.3 is 10.3 Å². The van der Waals surface area contributed by atoms with Gasteiger partial charge in [0.05, 0.1) is 34.9 Å². The van der Waals surface area contributed by atoms with Crippen LogP contribution in [0, 0.1) is 5.82 Å². The Morgan fingerprint density at radius 2 is 1.63 bits per heavy atom. The molecule has 0 spiro atoms. The number of carbonyl (C=O) groups is 1. The number of hydrogen-bond donors (Lipinski definition) is 3. The molecule has 0 saturated carbocycles. The Bertz CT molecular complexity index is 2050. The second kappa shape index (κ2) is 10.2. The van der Waals surface area contributed by atoms with Gasteiger partial charge >= 0.3 is 0 Å². The van der Waals surface area contributed by atoms with Crippen LogP contribution in [0.1, 0.15) is 5.56 Å². The Hall–Kier alpha value is -5.63. The van der Waals surface area contributed by atoms with Crippen molar-refractivity contribution in [1.82, 2.24) is 25.1 Å². The molecule has 0 aliphatic rings. The number of nitrogens with zero attached hydrogens (tertiary/aromatic N) is 3. The number of H-pyrrole nitrogens is 2. The van der Waals surface area contributed by atoms with Crippen LogP contribution in [-0.2, 0) is 11.2 Å². The predicted octanol–water partition coefficient (Wildman–Crippen LogP) is 7.16. The summed E-state index contributed by atoms with van der Waals surface area (Å²) in [6.45, 7) is 0. The minimum atomic E-state index is -0.300. The lowest BCUT2D eigenvalue weighted by atomic mass is 10.0. The van der Waals surface area contributed by atoms with Crippen LogP contribution in [0.15, 0.2) is 109 Å². The van der Waals surface area contributed by atoms with Gasteiger partial charge in [-0.15, -0.1) is 0 Å². The first kappa shape index (κ1) is 24.4. The quantitative estimate of drug-likeness (QED) is 0.209. The number of imidazole rings is 1. The number of hydrogen-bond acceptors (Lipinski definition) is 4. The minimum absolute atomic E-state index is 0.109. The maximum atomic E-state index is 14.6. The molecule has 3 N–H and O–H groups in total. The number of para-hydroxylation sites is 1. The third-order valence-corrected chi connectivity index (χ3v) is 7.03. The third-order valence-electron chi connectivity index (χ3n) is 7.03. The molecule has 8 heteroatoms. The molecule has 41 heavy (non-hydrogen) atoms. The molecule has 0 saturated heterocycles. The first-order valence-electron chi connectivity index (χ1n) is 13.1. The second-order valence-electron chi connectivity index (χ2n) is 9.77. The van der Waals surface area contributed by atoms with Gasteiger partial charge in [0.25, 0.3) is 0 Å². The van der Waals surface area contributed by atoms with E-state index in [-0.39, 0.29) is 18.1 Å². The number of carbonyl (C=O) groups excluding carboxylic acids is 1. The van der Waals surface area contributed by atoms with E-state index >= 15 is 0 Å². The van der Waals surface area contributed by atoms with Crippen molar-refractivity contribution in [1.29, 1.82) is 0 Å². The van der Waals surface area contributed by atoms with Crippen LogP contribution < -0.4 is 5.32 Å². The third kappa shape index (κ3) is 4.72. The summed E-state index contributed by atoms with van der Waals surface area (Å²) in [5.41, 5.74) is 7.48. The molecule has 0 atom stereocenters. The SMILES string of the molecule is O=C(Cc1ccccc1)Nc1cncc(-c2ccc3[nH]nc(-c4nc5c(-c6ccccc6F)cccc5[nH]4)c3c2)c1. The van der Waals surface area contributed by atoms with Crippen LogP contribution in [0.3, 0.4) is 0 Å². The van der Waals surface area contributed by atoms with Crippen molar-refractivity contribution >= 4 is 33.5 Å². The van der Waals surface area contributed by atoms with Crippen molar-refractivity contribution in [2.24, 2.45) is 0 Å². The Labute approximate surface area is 234 Å². The summed E-state index contributed by atoms with van der Waals surface area (Å²) >= 11 is 0. The van der Waals surface area contributed by atoms with E-state index < -0.39 is 0 Å². The highest BCUT2D eigenvalue weighted by molar-refractivity contribution is 5.99. The lowest BCUT2D eigenvalue weighted by Gasteiger charge is -2.08. The normalized spacial score (nSPS) is 11.2. The number of aromatic nitrogens is 5. The monoisotopic (exact) mass is 538 g/mol. The number of pyridine rings is 1. The van der Waals surface area contributed by atoms with Crippen molar-refractivity contribution < 1.29 is 9.18 Å². The minimum Gasteiger partial charge on any atom is -0.337 e. The smallest absolute Gasteiger partial charge is 0.228 e. The summed E-state index contributed by atoms with van der Waals surface area (Å²) in [7, 11) is 0. The number of nitrogens with one attached hydrogen (secondary N) is 3. The Morgan fingerprint density at radius 1 is 0.805 bits per heavy atom.